The first-order valence-corrected chi connectivity index (χ1v) is 9.19. The number of rotatable bonds is 5. The Morgan fingerprint density at radius 3 is 2.65 bits per heavy atom. The lowest BCUT2D eigenvalue weighted by atomic mass is 9.95. The minimum absolute atomic E-state index is 0.126. The van der Waals surface area contributed by atoms with Gasteiger partial charge < -0.3 is 8.98 Å². The average molecular weight is 333 g/mol. The Hall–Kier alpha value is -1.56. The fourth-order valence-electron chi connectivity index (χ4n) is 3.50. The van der Waals surface area contributed by atoms with E-state index in [9.17, 15) is 4.79 Å². The highest BCUT2D eigenvalue weighted by atomic mass is 32.2. The molecule has 2 aromatic rings. The molecule has 0 aliphatic heterocycles. The largest absolute Gasteiger partial charge is 0.416 e. The van der Waals surface area contributed by atoms with Crippen LogP contribution in [0.5, 0.6) is 0 Å². The van der Waals surface area contributed by atoms with Crippen LogP contribution in [0.3, 0.4) is 0 Å². The van der Waals surface area contributed by atoms with E-state index in [4.69, 9.17) is 4.42 Å². The molecule has 1 aliphatic rings. The van der Waals surface area contributed by atoms with Crippen molar-refractivity contribution in [3.05, 3.63) is 28.9 Å². The van der Waals surface area contributed by atoms with Crippen LogP contribution in [-0.2, 0) is 0 Å². The molecule has 0 N–H and O–H groups in total. The van der Waals surface area contributed by atoms with E-state index >= 15 is 0 Å². The summed E-state index contributed by atoms with van der Waals surface area (Å²) in [5.41, 5.74) is 3.12. The first kappa shape index (κ1) is 16.3. The Morgan fingerprint density at radius 2 is 2.00 bits per heavy atom. The van der Waals surface area contributed by atoms with Gasteiger partial charge in [-0.2, -0.15) is 0 Å². The molecule has 2 aromatic heterocycles. The van der Waals surface area contributed by atoms with Crippen molar-refractivity contribution < 1.29 is 9.21 Å². The first-order valence-electron chi connectivity index (χ1n) is 8.21. The molecule has 0 radical (unpaired) electrons. The zero-order chi connectivity index (χ0) is 16.4. The predicted octanol–water partition coefficient (Wildman–Crippen LogP) is 4.28. The van der Waals surface area contributed by atoms with Gasteiger partial charge in [-0.1, -0.05) is 31.0 Å². The second kappa shape index (κ2) is 6.91. The van der Waals surface area contributed by atoms with E-state index < -0.39 is 0 Å². The second-order valence-corrected chi connectivity index (χ2v) is 7.17. The minimum Gasteiger partial charge on any atom is -0.416 e. The van der Waals surface area contributed by atoms with Crippen LogP contribution < -0.4 is 0 Å². The second-order valence-electron chi connectivity index (χ2n) is 6.25. The van der Waals surface area contributed by atoms with Crippen LogP contribution in [0.1, 0.15) is 65.8 Å². The van der Waals surface area contributed by atoms with Crippen molar-refractivity contribution in [3.8, 4) is 0 Å². The standard InChI is InChI=1S/C17H23N3O2S/c1-11-9-15(12(2)20(11)14-7-5-4-6-8-14)16(21)10-23-17-19-18-13(3)22-17/h9,14H,4-8,10H2,1-3H3. The average Bonchev–Trinajstić information content (AvgIpc) is 3.09. The number of hydrogen-bond acceptors (Lipinski definition) is 5. The Labute approximate surface area is 140 Å². The van der Waals surface area contributed by atoms with Crippen LogP contribution in [0.4, 0.5) is 0 Å². The quantitative estimate of drug-likeness (QED) is 0.604. The lowest BCUT2D eigenvalue weighted by Gasteiger charge is -2.26. The molecule has 0 aromatic carbocycles. The van der Waals surface area contributed by atoms with E-state index in [1.165, 1.54) is 49.6 Å². The van der Waals surface area contributed by atoms with E-state index in [1.54, 1.807) is 6.92 Å². The van der Waals surface area contributed by atoms with Gasteiger partial charge in [-0.15, -0.1) is 10.2 Å². The normalized spacial score (nSPS) is 16.0. The number of carbonyl (C=O) groups excluding carboxylic acids is 1. The van der Waals surface area contributed by atoms with Gasteiger partial charge in [-0.3, -0.25) is 4.79 Å². The van der Waals surface area contributed by atoms with Gasteiger partial charge in [0, 0.05) is 29.9 Å². The Balaban J connectivity index is 1.73. The van der Waals surface area contributed by atoms with Gasteiger partial charge in [0.2, 0.25) is 5.89 Å². The third kappa shape index (κ3) is 3.52. The first-order chi connectivity index (χ1) is 11.1. The van der Waals surface area contributed by atoms with Gasteiger partial charge in [0.1, 0.15) is 0 Å². The molecule has 0 saturated heterocycles. The third-order valence-corrected chi connectivity index (χ3v) is 5.38. The van der Waals surface area contributed by atoms with Gasteiger partial charge in [-0.05, 0) is 32.8 Å². The number of aryl methyl sites for hydroxylation is 2. The highest BCUT2D eigenvalue weighted by molar-refractivity contribution is 7.99. The predicted molar refractivity (Wildman–Crippen MR) is 90.1 cm³/mol. The number of ketones is 1. The van der Waals surface area contributed by atoms with Crippen molar-refractivity contribution in [1.82, 2.24) is 14.8 Å². The molecule has 0 atom stereocenters. The highest BCUT2D eigenvalue weighted by Gasteiger charge is 2.22. The molecule has 2 heterocycles. The molecule has 0 spiro atoms. The molecule has 124 valence electrons. The maximum Gasteiger partial charge on any atom is 0.277 e. The van der Waals surface area contributed by atoms with Crippen molar-refractivity contribution in [2.24, 2.45) is 0 Å². The molecule has 3 rings (SSSR count). The molecular weight excluding hydrogens is 310 g/mol. The molecule has 23 heavy (non-hydrogen) atoms. The van der Waals surface area contributed by atoms with E-state index in [0.29, 0.717) is 22.9 Å². The van der Waals surface area contributed by atoms with Crippen LogP contribution in [0.25, 0.3) is 0 Å². The van der Waals surface area contributed by atoms with Gasteiger partial charge in [-0.25, -0.2) is 0 Å². The maximum absolute atomic E-state index is 12.6. The molecule has 5 nitrogen and oxygen atoms in total. The summed E-state index contributed by atoms with van der Waals surface area (Å²) in [6.45, 7) is 5.92. The summed E-state index contributed by atoms with van der Waals surface area (Å²) >= 11 is 1.30. The number of Topliss-reactive ketones (excluding diaryl/α,β-unsaturated/α-hetero) is 1. The highest BCUT2D eigenvalue weighted by Crippen LogP contribution is 2.32. The van der Waals surface area contributed by atoms with Gasteiger partial charge in [0.15, 0.2) is 5.78 Å². The molecule has 1 aliphatic carbocycles. The summed E-state index contributed by atoms with van der Waals surface area (Å²) in [5, 5.41) is 8.16. The van der Waals surface area contributed by atoms with Crippen LogP contribution >= 0.6 is 11.8 Å². The summed E-state index contributed by atoms with van der Waals surface area (Å²) in [6.07, 6.45) is 6.36. The minimum atomic E-state index is 0.126. The monoisotopic (exact) mass is 333 g/mol. The molecule has 6 heteroatoms. The van der Waals surface area contributed by atoms with Crippen LogP contribution in [-0.4, -0.2) is 26.3 Å². The van der Waals surface area contributed by atoms with Gasteiger partial charge >= 0.3 is 0 Å². The van der Waals surface area contributed by atoms with Gasteiger partial charge in [0.05, 0.1) is 5.75 Å². The van der Waals surface area contributed by atoms with Crippen LogP contribution in [0.15, 0.2) is 15.7 Å². The number of carbonyl (C=O) groups is 1. The zero-order valence-corrected chi connectivity index (χ0v) is 14.8. The molecule has 0 amide bonds. The van der Waals surface area contributed by atoms with Crippen molar-refractivity contribution in [2.75, 3.05) is 5.75 Å². The number of hydrogen-bond donors (Lipinski definition) is 0. The third-order valence-electron chi connectivity index (χ3n) is 4.56. The van der Waals surface area contributed by atoms with Crippen LogP contribution in [0.2, 0.25) is 0 Å². The van der Waals surface area contributed by atoms with E-state index in [-0.39, 0.29) is 5.78 Å². The van der Waals surface area contributed by atoms with E-state index in [0.717, 1.165) is 11.3 Å². The number of aromatic nitrogens is 3. The Kier molecular flexibility index (Phi) is 4.90. The summed E-state index contributed by atoms with van der Waals surface area (Å²) < 4.78 is 7.68. The lowest BCUT2D eigenvalue weighted by molar-refractivity contribution is 0.102. The summed E-state index contributed by atoms with van der Waals surface area (Å²) in [6, 6.07) is 2.59. The zero-order valence-electron chi connectivity index (χ0n) is 14.0. The van der Waals surface area contributed by atoms with Crippen molar-refractivity contribution >= 4 is 17.5 Å². The smallest absolute Gasteiger partial charge is 0.277 e. The van der Waals surface area contributed by atoms with E-state index in [2.05, 4.69) is 28.6 Å². The van der Waals surface area contributed by atoms with E-state index in [1.807, 2.05) is 6.07 Å². The van der Waals surface area contributed by atoms with Crippen LogP contribution in [0, 0.1) is 20.8 Å². The summed E-state index contributed by atoms with van der Waals surface area (Å²) in [7, 11) is 0. The fourth-order valence-corrected chi connectivity index (χ4v) is 4.19. The molecule has 0 bridgehead atoms. The molecule has 0 unspecified atom stereocenters. The van der Waals surface area contributed by atoms with Gasteiger partial charge in [0.25, 0.3) is 5.22 Å². The topological polar surface area (TPSA) is 60.9 Å². The van der Waals surface area contributed by atoms with Crippen molar-refractivity contribution in [2.45, 2.75) is 64.1 Å². The Morgan fingerprint density at radius 1 is 1.26 bits per heavy atom. The Bertz CT molecular complexity index is 699. The maximum atomic E-state index is 12.6. The summed E-state index contributed by atoms with van der Waals surface area (Å²) in [5.74, 6) is 0.979. The lowest BCUT2D eigenvalue weighted by Crippen LogP contribution is -2.16. The van der Waals surface area contributed by atoms with Crippen molar-refractivity contribution in [1.29, 1.82) is 0 Å². The SMILES string of the molecule is Cc1nnc(SCC(=O)c2cc(C)n(C3CCCCC3)c2C)o1. The van der Waals surface area contributed by atoms with Crippen molar-refractivity contribution in [3.63, 3.8) is 0 Å². The number of thioether (sulfide) groups is 1. The summed E-state index contributed by atoms with van der Waals surface area (Å²) in [4.78, 5) is 12.6. The molecule has 1 saturated carbocycles. The number of nitrogens with zero attached hydrogens (tertiary/aromatic N) is 3. The molecular formula is C17H23N3O2S. The fraction of sp³-hybridized carbons (Fsp3) is 0.588. The molecule has 1 fully saturated rings.